The summed E-state index contributed by atoms with van der Waals surface area (Å²) in [6.07, 6.45) is 5.44. The minimum absolute atomic E-state index is 0.848. The molecule has 182 valence electrons. The third-order valence-electron chi connectivity index (χ3n) is 8.17. The highest BCUT2D eigenvalue weighted by molar-refractivity contribution is 5.41. The number of rotatable bonds is 3. The topological polar surface area (TPSA) is 40.5 Å². The van der Waals surface area contributed by atoms with Crippen LogP contribution in [0.4, 0.5) is 0 Å². The molecule has 2 atom stereocenters. The number of aliphatic hydroxyl groups is 2. The van der Waals surface area contributed by atoms with Crippen molar-refractivity contribution in [1.82, 2.24) is 0 Å². The smallest absolute Gasteiger partial charge is 0.109 e. The molecule has 8 bridgehead atoms. The van der Waals surface area contributed by atoms with Gasteiger partial charge in [0.1, 0.15) is 12.2 Å². The molecule has 2 heteroatoms. The van der Waals surface area contributed by atoms with Crippen LogP contribution in [0.2, 0.25) is 0 Å². The van der Waals surface area contributed by atoms with E-state index < -0.39 is 12.2 Å². The number of aryl methyl sites for hydroxylation is 8. The first-order valence-electron chi connectivity index (χ1n) is 13.4. The highest BCUT2D eigenvalue weighted by Gasteiger charge is 2.26. The Hall–Kier alpha value is -3.20. The predicted molar refractivity (Wildman–Crippen MR) is 145 cm³/mol. The summed E-state index contributed by atoms with van der Waals surface area (Å²) in [6, 6.07) is 30.9. The van der Waals surface area contributed by atoms with Crippen molar-refractivity contribution in [2.75, 3.05) is 0 Å². The lowest BCUT2D eigenvalue weighted by atomic mass is 9.85. The zero-order valence-corrected chi connectivity index (χ0v) is 20.8. The molecule has 0 spiro atoms. The highest BCUT2D eigenvalue weighted by Crippen LogP contribution is 2.35. The maximum Gasteiger partial charge on any atom is 0.109 e. The molecular formula is C34H34O2. The van der Waals surface area contributed by atoms with Crippen molar-refractivity contribution in [3.8, 4) is 0 Å². The fourth-order valence-corrected chi connectivity index (χ4v) is 5.83. The van der Waals surface area contributed by atoms with Crippen molar-refractivity contribution in [3.05, 3.63) is 141 Å². The van der Waals surface area contributed by atoms with Gasteiger partial charge in [-0.05, 0) is 107 Å². The molecule has 0 aromatic heterocycles. The molecule has 0 fully saturated rings. The summed E-state index contributed by atoms with van der Waals surface area (Å²) >= 11 is 0. The molecule has 0 aliphatic heterocycles. The van der Waals surface area contributed by atoms with Crippen LogP contribution in [0.15, 0.2) is 84.9 Å². The monoisotopic (exact) mass is 474 g/mol. The summed E-state index contributed by atoms with van der Waals surface area (Å²) in [5.74, 6) is 0. The first kappa shape index (κ1) is 23.2. The number of hydrogen-bond acceptors (Lipinski definition) is 2. The highest BCUT2D eigenvalue weighted by atomic mass is 16.3. The third-order valence-corrected chi connectivity index (χ3v) is 8.17. The molecule has 0 heterocycles. The molecule has 0 saturated carbocycles. The minimum atomic E-state index is -0.955. The van der Waals surface area contributed by atoms with E-state index >= 15 is 0 Å². The van der Waals surface area contributed by atoms with Gasteiger partial charge >= 0.3 is 0 Å². The van der Waals surface area contributed by atoms with E-state index in [2.05, 4.69) is 84.9 Å². The van der Waals surface area contributed by atoms with Gasteiger partial charge in [0.2, 0.25) is 0 Å². The Labute approximate surface area is 214 Å². The molecule has 2 N–H and O–H groups in total. The first-order chi connectivity index (χ1) is 17.6. The summed E-state index contributed by atoms with van der Waals surface area (Å²) in [4.78, 5) is 0. The molecule has 0 saturated heterocycles. The average Bonchev–Trinajstić information content (AvgIpc) is 2.91. The van der Waals surface area contributed by atoms with Crippen molar-refractivity contribution in [3.63, 3.8) is 0 Å². The molecule has 2 nitrogen and oxygen atoms in total. The lowest BCUT2D eigenvalue weighted by Crippen LogP contribution is -2.16. The van der Waals surface area contributed by atoms with Crippen LogP contribution in [0.25, 0.3) is 0 Å². The Bertz CT molecular complexity index is 1240. The van der Waals surface area contributed by atoms with Crippen LogP contribution >= 0.6 is 0 Å². The summed E-state index contributed by atoms with van der Waals surface area (Å²) < 4.78 is 0. The van der Waals surface area contributed by atoms with Crippen LogP contribution in [-0.4, -0.2) is 10.2 Å². The summed E-state index contributed by atoms with van der Waals surface area (Å²) in [5.41, 5.74) is 11.7. The summed E-state index contributed by atoms with van der Waals surface area (Å²) in [5, 5.41) is 23.3. The molecular weight excluding hydrogens is 440 g/mol. The predicted octanol–water partition coefficient (Wildman–Crippen LogP) is 6.22. The lowest BCUT2D eigenvalue weighted by Gasteiger charge is -2.25. The fraction of sp³-hybridized carbons (Fsp3) is 0.294. The van der Waals surface area contributed by atoms with Gasteiger partial charge < -0.3 is 10.2 Å². The Morgan fingerprint density at radius 3 is 1.00 bits per heavy atom. The molecule has 4 aromatic carbocycles. The number of hydrogen-bond donors (Lipinski definition) is 2. The Morgan fingerprint density at radius 1 is 0.361 bits per heavy atom. The van der Waals surface area contributed by atoms with Crippen molar-refractivity contribution in [2.45, 2.75) is 63.6 Å². The molecule has 0 unspecified atom stereocenters. The van der Waals surface area contributed by atoms with Gasteiger partial charge in [0.15, 0.2) is 0 Å². The minimum Gasteiger partial charge on any atom is -0.385 e. The zero-order valence-electron chi connectivity index (χ0n) is 20.8. The van der Waals surface area contributed by atoms with E-state index in [0.717, 1.165) is 73.6 Å². The number of benzene rings is 4. The van der Waals surface area contributed by atoms with Crippen LogP contribution in [-0.2, 0) is 51.4 Å². The second-order valence-electron chi connectivity index (χ2n) is 10.6. The van der Waals surface area contributed by atoms with Gasteiger partial charge in [-0.2, -0.15) is 0 Å². The lowest BCUT2D eigenvalue weighted by molar-refractivity contribution is 0.0161. The second-order valence-corrected chi connectivity index (χ2v) is 10.6. The van der Waals surface area contributed by atoms with Gasteiger partial charge in [0.05, 0.1) is 0 Å². The number of aliphatic hydroxyl groups excluding tert-OH is 2. The van der Waals surface area contributed by atoms with Crippen molar-refractivity contribution < 1.29 is 10.2 Å². The van der Waals surface area contributed by atoms with Gasteiger partial charge in [0, 0.05) is 0 Å². The largest absolute Gasteiger partial charge is 0.385 e. The Balaban J connectivity index is 1.33. The molecule has 36 heavy (non-hydrogen) atoms. The second kappa shape index (κ2) is 10.0. The van der Waals surface area contributed by atoms with Crippen LogP contribution < -0.4 is 0 Å². The maximum absolute atomic E-state index is 11.6. The van der Waals surface area contributed by atoms with Gasteiger partial charge in [-0.3, -0.25) is 0 Å². The third kappa shape index (κ3) is 4.89. The van der Waals surface area contributed by atoms with Gasteiger partial charge in [0.25, 0.3) is 0 Å². The van der Waals surface area contributed by atoms with Crippen molar-refractivity contribution in [1.29, 1.82) is 0 Å². The maximum atomic E-state index is 11.6. The van der Waals surface area contributed by atoms with Crippen molar-refractivity contribution in [2.24, 2.45) is 0 Å². The molecule has 0 amide bonds. The molecule has 4 aromatic rings. The fourth-order valence-electron chi connectivity index (χ4n) is 5.83. The molecule has 8 aliphatic carbocycles. The van der Waals surface area contributed by atoms with E-state index in [1.54, 1.807) is 0 Å². The van der Waals surface area contributed by atoms with Gasteiger partial charge in [-0.15, -0.1) is 0 Å². The van der Waals surface area contributed by atoms with E-state index in [4.69, 9.17) is 0 Å². The van der Waals surface area contributed by atoms with Crippen molar-refractivity contribution >= 4 is 0 Å². The van der Waals surface area contributed by atoms with Crippen LogP contribution in [0.3, 0.4) is 0 Å². The van der Waals surface area contributed by atoms with E-state index in [1.807, 2.05) is 0 Å². The van der Waals surface area contributed by atoms with Gasteiger partial charge in [-0.25, -0.2) is 0 Å². The molecule has 8 aliphatic rings. The SMILES string of the molecule is O[C@H](c1cc2ccc1CCc1ccc(cc1)CC2)[C@H](O)c1cc2ccc1CCc1ccc(cc1)CC2. The Kier molecular flexibility index (Phi) is 6.48. The normalized spacial score (nSPS) is 16.6. The molecule has 0 radical (unpaired) electrons. The van der Waals surface area contributed by atoms with E-state index in [1.165, 1.54) is 33.4 Å². The quantitative estimate of drug-likeness (QED) is 0.370. The van der Waals surface area contributed by atoms with E-state index in [0.29, 0.717) is 0 Å². The summed E-state index contributed by atoms with van der Waals surface area (Å²) in [6.45, 7) is 0. The van der Waals surface area contributed by atoms with Crippen LogP contribution in [0, 0.1) is 0 Å². The van der Waals surface area contributed by atoms with Crippen LogP contribution in [0.1, 0.15) is 67.8 Å². The Morgan fingerprint density at radius 2 is 0.639 bits per heavy atom. The van der Waals surface area contributed by atoms with Crippen LogP contribution in [0.5, 0.6) is 0 Å². The molecule has 12 rings (SSSR count). The average molecular weight is 475 g/mol. The zero-order chi connectivity index (χ0) is 24.5. The first-order valence-corrected chi connectivity index (χ1v) is 13.4. The van der Waals surface area contributed by atoms with Gasteiger partial charge in [-0.1, -0.05) is 84.9 Å². The summed E-state index contributed by atoms with van der Waals surface area (Å²) in [7, 11) is 0. The van der Waals surface area contributed by atoms with E-state index in [-0.39, 0.29) is 0 Å². The van der Waals surface area contributed by atoms with E-state index in [9.17, 15) is 10.2 Å². The standard InChI is InChI=1S/C34H34O2/c35-33(31-21-27-11-9-23-1-5-25(6-2-23)13-17-29(31)19-15-27)34(36)32-22-28-12-10-24-3-7-26(8-4-24)14-18-30(32)20-16-28/h1-8,15-16,19-22,33-36H,9-14,17-18H2/t33-,34-/m1/s1.